The van der Waals surface area contributed by atoms with Gasteiger partial charge in [-0.15, -0.1) is 12.4 Å². The first-order valence-corrected chi connectivity index (χ1v) is 8.11. The molecule has 0 aliphatic heterocycles. The van der Waals surface area contributed by atoms with Crippen molar-refractivity contribution in [2.24, 2.45) is 5.73 Å². The second kappa shape index (κ2) is 12.6. The first-order chi connectivity index (χ1) is 11.1. The molecule has 0 heterocycles. The first-order valence-electron chi connectivity index (χ1n) is 8.11. The molecular formula is C17H28ClN3O3. The lowest BCUT2D eigenvalue weighted by Gasteiger charge is -2.18. The number of nitrogens with one attached hydrogen (secondary N) is 1. The maximum atomic E-state index is 11.9. The Balaban J connectivity index is 0.00000529. The van der Waals surface area contributed by atoms with E-state index in [1.165, 1.54) is 0 Å². The number of ether oxygens (including phenoxy) is 1. The van der Waals surface area contributed by atoms with Crippen LogP contribution >= 0.6 is 12.4 Å². The fraction of sp³-hybridized carbons (Fsp3) is 0.529. The van der Waals surface area contributed by atoms with Crippen molar-refractivity contribution in [3.05, 3.63) is 24.3 Å². The van der Waals surface area contributed by atoms with Crippen molar-refractivity contribution in [1.29, 1.82) is 0 Å². The number of benzene rings is 1. The van der Waals surface area contributed by atoms with Crippen molar-refractivity contribution in [1.82, 2.24) is 4.90 Å². The van der Waals surface area contributed by atoms with E-state index in [-0.39, 0.29) is 24.2 Å². The van der Waals surface area contributed by atoms with Gasteiger partial charge in [-0.25, -0.2) is 0 Å². The Bertz CT molecular complexity index is 490. The average Bonchev–Trinajstić information content (AvgIpc) is 2.55. The predicted molar refractivity (Wildman–Crippen MR) is 98.6 cm³/mol. The lowest BCUT2D eigenvalue weighted by atomic mass is 10.2. The zero-order chi connectivity index (χ0) is 17.1. The summed E-state index contributed by atoms with van der Waals surface area (Å²) in [6.45, 7) is 6.25. The summed E-state index contributed by atoms with van der Waals surface area (Å²) in [6.07, 6.45) is 1.29. The summed E-state index contributed by atoms with van der Waals surface area (Å²) in [5.74, 6) is 0.732. The summed E-state index contributed by atoms with van der Waals surface area (Å²) < 4.78 is 5.37. The number of carbonyl (C=O) groups is 2. The van der Waals surface area contributed by atoms with Gasteiger partial charge in [0.05, 0.1) is 0 Å². The molecule has 0 bridgehead atoms. The van der Waals surface area contributed by atoms with Crippen LogP contribution in [-0.2, 0) is 9.59 Å². The Labute approximate surface area is 150 Å². The minimum Gasteiger partial charge on any atom is -0.492 e. The molecule has 0 spiro atoms. The lowest BCUT2D eigenvalue weighted by molar-refractivity contribution is -0.130. The molecule has 2 amide bonds. The molecule has 6 nitrogen and oxygen atoms in total. The summed E-state index contributed by atoms with van der Waals surface area (Å²) in [4.78, 5) is 25.5. The molecule has 0 aromatic heterocycles. The summed E-state index contributed by atoms with van der Waals surface area (Å²) in [7, 11) is 0. The van der Waals surface area contributed by atoms with E-state index in [0.717, 1.165) is 5.75 Å². The zero-order valence-corrected chi connectivity index (χ0v) is 15.2. The topological polar surface area (TPSA) is 84.7 Å². The number of hydrogen-bond donors (Lipinski definition) is 2. The second-order valence-corrected chi connectivity index (χ2v) is 5.13. The van der Waals surface area contributed by atoms with Crippen LogP contribution in [0.5, 0.6) is 5.75 Å². The van der Waals surface area contributed by atoms with Crippen molar-refractivity contribution >= 4 is 29.9 Å². The highest BCUT2D eigenvalue weighted by Crippen LogP contribution is 2.16. The molecule has 0 saturated heterocycles. The van der Waals surface area contributed by atoms with Gasteiger partial charge in [0.1, 0.15) is 12.4 Å². The second-order valence-electron chi connectivity index (χ2n) is 5.13. The molecule has 0 saturated carbocycles. The molecule has 0 atom stereocenters. The average molecular weight is 358 g/mol. The molecular weight excluding hydrogens is 330 g/mol. The van der Waals surface area contributed by atoms with Crippen LogP contribution < -0.4 is 15.8 Å². The van der Waals surface area contributed by atoms with Crippen LogP contribution in [0.4, 0.5) is 5.69 Å². The van der Waals surface area contributed by atoms with Crippen molar-refractivity contribution in [2.75, 3.05) is 31.6 Å². The first kappa shape index (κ1) is 22.2. The van der Waals surface area contributed by atoms with E-state index in [1.807, 2.05) is 13.8 Å². The third-order valence-corrected chi connectivity index (χ3v) is 3.44. The van der Waals surface area contributed by atoms with Crippen LogP contribution in [0, 0.1) is 0 Å². The van der Waals surface area contributed by atoms with Gasteiger partial charge in [-0.2, -0.15) is 0 Å². The number of nitrogens with two attached hydrogens (primary N) is 1. The molecule has 24 heavy (non-hydrogen) atoms. The Morgan fingerprint density at radius 2 is 1.75 bits per heavy atom. The van der Waals surface area contributed by atoms with Crippen molar-refractivity contribution in [3.63, 3.8) is 0 Å². The van der Waals surface area contributed by atoms with Gasteiger partial charge in [0.2, 0.25) is 11.8 Å². The van der Waals surface area contributed by atoms with Crippen LogP contribution in [0.25, 0.3) is 0 Å². The summed E-state index contributed by atoms with van der Waals surface area (Å²) >= 11 is 0. The van der Waals surface area contributed by atoms with E-state index in [2.05, 4.69) is 5.32 Å². The minimum absolute atomic E-state index is 0. The molecule has 7 heteroatoms. The quantitative estimate of drug-likeness (QED) is 0.673. The summed E-state index contributed by atoms with van der Waals surface area (Å²) in [5, 5.41) is 2.81. The van der Waals surface area contributed by atoms with Gasteiger partial charge >= 0.3 is 0 Å². The van der Waals surface area contributed by atoms with Crippen LogP contribution in [-0.4, -0.2) is 43.0 Å². The molecule has 136 valence electrons. The maximum Gasteiger partial charge on any atom is 0.224 e. The highest BCUT2D eigenvalue weighted by molar-refractivity contribution is 5.91. The largest absolute Gasteiger partial charge is 0.492 e. The van der Waals surface area contributed by atoms with Crippen molar-refractivity contribution in [2.45, 2.75) is 33.1 Å². The Morgan fingerprint density at radius 1 is 1.12 bits per heavy atom. The standard InChI is InChI=1S/C17H27N3O3.ClH/c1-3-20(4-2)17(22)7-5-6-16(21)19-14-8-10-15(11-9-14)23-13-12-18;/h8-11H,3-7,12-13,18H2,1-2H3,(H,19,21);1H. The number of halogens is 1. The van der Waals surface area contributed by atoms with E-state index < -0.39 is 0 Å². The van der Waals surface area contributed by atoms with Crippen LogP contribution in [0.3, 0.4) is 0 Å². The number of amides is 2. The van der Waals surface area contributed by atoms with E-state index in [0.29, 0.717) is 51.2 Å². The van der Waals surface area contributed by atoms with Crippen LogP contribution in [0.2, 0.25) is 0 Å². The third kappa shape index (κ3) is 8.17. The molecule has 0 unspecified atom stereocenters. The Morgan fingerprint density at radius 3 is 2.29 bits per heavy atom. The van der Waals surface area contributed by atoms with Crippen molar-refractivity contribution in [3.8, 4) is 5.75 Å². The van der Waals surface area contributed by atoms with Gasteiger partial charge in [-0.3, -0.25) is 9.59 Å². The molecule has 1 aromatic carbocycles. The molecule has 0 aliphatic rings. The minimum atomic E-state index is -0.0898. The molecule has 0 fully saturated rings. The van der Waals surface area contributed by atoms with E-state index >= 15 is 0 Å². The lowest BCUT2D eigenvalue weighted by Crippen LogP contribution is -2.30. The fourth-order valence-electron chi connectivity index (χ4n) is 2.17. The highest BCUT2D eigenvalue weighted by atomic mass is 35.5. The molecule has 3 N–H and O–H groups in total. The normalized spacial score (nSPS) is 9.79. The van der Waals surface area contributed by atoms with Gasteiger partial charge in [0.25, 0.3) is 0 Å². The highest BCUT2D eigenvalue weighted by Gasteiger charge is 2.10. The van der Waals surface area contributed by atoms with Gasteiger partial charge in [0.15, 0.2) is 0 Å². The van der Waals surface area contributed by atoms with Crippen molar-refractivity contribution < 1.29 is 14.3 Å². The van der Waals surface area contributed by atoms with Gasteiger partial charge < -0.3 is 20.7 Å². The molecule has 0 radical (unpaired) electrons. The van der Waals surface area contributed by atoms with Crippen LogP contribution in [0.1, 0.15) is 33.1 Å². The summed E-state index contributed by atoms with van der Waals surface area (Å²) in [6, 6.07) is 7.14. The summed E-state index contributed by atoms with van der Waals surface area (Å²) in [5.41, 5.74) is 6.08. The molecule has 1 aromatic rings. The third-order valence-electron chi connectivity index (χ3n) is 3.44. The Hall–Kier alpha value is -1.79. The van der Waals surface area contributed by atoms with Gasteiger partial charge in [-0.1, -0.05) is 0 Å². The smallest absolute Gasteiger partial charge is 0.224 e. The number of carbonyl (C=O) groups excluding carboxylic acids is 2. The number of nitrogens with zero attached hydrogens (tertiary/aromatic N) is 1. The van der Waals surface area contributed by atoms with Gasteiger partial charge in [0, 0.05) is 38.2 Å². The number of anilines is 1. The zero-order valence-electron chi connectivity index (χ0n) is 14.4. The van der Waals surface area contributed by atoms with E-state index in [4.69, 9.17) is 10.5 Å². The predicted octanol–water partition coefficient (Wildman–Crippen LogP) is 2.42. The molecule has 1 rings (SSSR count). The van der Waals surface area contributed by atoms with E-state index in [1.54, 1.807) is 29.2 Å². The SMILES string of the molecule is CCN(CC)C(=O)CCCC(=O)Nc1ccc(OCCN)cc1.Cl. The van der Waals surface area contributed by atoms with Gasteiger partial charge in [-0.05, 0) is 44.5 Å². The monoisotopic (exact) mass is 357 g/mol. The Kier molecular flexibility index (Phi) is 11.7. The fourth-order valence-corrected chi connectivity index (χ4v) is 2.17. The van der Waals surface area contributed by atoms with Crippen LogP contribution in [0.15, 0.2) is 24.3 Å². The maximum absolute atomic E-state index is 11.9. The number of hydrogen-bond acceptors (Lipinski definition) is 4. The molecule has 0 aliphatic carbocycles. The number of rotatable bonds is 10. The van der Waals surface area contributed by atoms with E-state index in [9.17, 15) is 9.59 Å².